The molecule has 19 heavy (non-hydrogen) atoms. The predicted octanol–water partition coefficient (Wildman–Crippen LogP) is 2.29. The first-order valence-corrected chi connectivity index (χ1v) is 8.17. The molecule has 0 spiro atoms. The van der Waals surface area contributed by atoms with Gasteiger partial charge in [0.1, 0.15) is 0 Å². The van der Waals surface area contributed by atoms with Crippen LogP contribution in [0.4, 0.5) is 0 Å². The molecular formula is C14H18O4S. The molecule has 1 atom stereocenters. The van der Waals surface area contributed by atoms with Crippen LogP contribution >= 0.6 is 0 Å². The first kappa shape index (κ1) is 14.1. The van der Waals surface area contributed by atoms with E-state index in [0.717, 1.165) is 5.56 Å². The standard InChI is InChI=1S/C14H18O4S/c1-2-18-14(15)9-5-6-11-10-19(16,17)13-8-4-3-7-12(11)13/h3-4,7-8,11H,2,5-6,9-10H2,1H3. The van der Waals surface area contributed by atoms with Crippen molar-refractivity contribution in [2.45, 2.75) is 37.0 Å². The largest absolute Gasteiger partial charge is 0.466 e. The van der Waals surface area contributed by atoms with Crippen LogP contribution in [0.2, 0.25) is 0 Å². The van der Waals surface area contributed by atoms with Crippen molar-refractivity contribution in [2.24, 2.45) is 0 Å². The van der Waals surface area contributed by atoms with Crippen molar-refractivity contribution in [3.05, 3.63) is 29.8 Å². The van der Waals surface area contributed by atoms with Gasteiger partial charge in [0.25, 0.3) is 0 Å². The van der Waals surface area contributed by atoms with E-state index in [-0.39, 0.29) is 17.6 Å². The molecule has 0 bridgehead atoms. The van der Waals surface area contributed by atoms with Crippen LogP contribution in [-0.4, -0.2) is 26.7 Å². The zero-order valence-corrected chi connectivity index (χ0v) is 11.8. The number of benzene rings is 1. The lowest BCUT2D eigenvalue weighted by molar-refractivity contribution is -0.143. The maximum atomic E-state index is 12.0. The van der Waals surface area contributed by atoms with E-state index in [4.69, 9.17) is 4.74 Å². The fourth-order valence-electron chi connectivity index (χ4n) is 2.51. The average molecular weight is 282 g/mol. The Morgan fingerprint density at radius 3 is 2.84 bits per heavy atom. The monoisotopic (exact) mass is 282 g/mol. The van der Waals surface area contributed by atoms with Gasteiger partial charge in [0.2, 0.25) is 0 Å². The SMILES string of the molecule is CCOC(=O)CCCC1CS(=O)(=O)c2ccccc21. The molecule has 0 amide bonds. The van der Waals surface area contributed by atoms with Crippen LogP contribution in [0.25, 0.3) is 0 Å². The van der Waals surface area contributed by atoms with Gasteiger partial charge in [-0.25, -0.2) is 8.42 Å². The van der Waals surface area contributed by atoms with Crippen LogP contribution in [0.3, 0.4) is 0 Å². The van der Waals surface area contributed by atoms with Gasteiger partial charge in [-0.05, 0) is 37.3 Å². The van der Waals surface area contributed by atoms with Crippen LogP contribution in [0.5, 0.6) is 0 Å². The second-order valence-corrected chi connectivity index (χ2v) is 6.72. The van der Waals surface area contributed by atoms with Gasteiger partial charge in [0, 0.05) is 6.42 Å². The first-order chi connectivity index (χ1) is 9.04. The molecule has 1 heterocycles. The molecule has 1 aromatic carbocycles. The quantitative estimate of drug-likeness (QED) is 0.777. The van der Waals surface area contributed by atoms with E-state index in [9.17, 15) is 13.2 Å². The third kappa shape index (κ3) is 3.15. The Kier molecular flexibility index (Phi) is 4.24. The van der Waals surface area contributed by atoms with E-state index in [0.29, 0.717) is 30.8 Å². The maximum absolute atomic E-state index is 12.0. The van der Waals surface area contributed by atoms with Crippen molar-refractivity contribution in [1.29, 1.82) is 0 Å². The van der Waals surface area contributed by atoms with Gasteiger partial charge in [0.05, 0.1) is 17.3 Å². The minimum atomic E-state index is -3.13. The van der Waals surface area contributed by atoms with Gasteiger partial charge >= 0.3 is 5.97 Å². The lowest BCUT2D eigenvalue weighted by Gasteiger charge is -2.09. The predicted molar refractivity (Wildman–Crippen MR) is 71.7 cm³/mol. The van der Waals surface area contributed by atoms with E-state index >= 15 is 0 Å². The van der Waals surface area contributed by atoms with Crippen molar-refractivity contribution in [1.82, 2.24) is 0 Å². The van der Waals surface area contributed by atoms with Crippen LogP contribution in [-0.2, 0) is 19.4 Å². The summed E-state index contributed by atoms with van der Waals surface area (Å²) in [5.74, 6) is -0.0397. The van der Waals surface area contributed by atoms with Crippen LogP contribution in [0.15, 0.2) is 29.2 Å². The normalized spacial score (nSPS) is 19.9. The highest BCUT2D eigenvalue weighted by molar-refractivity contribution is 7.91. The zero-order chi connectivity index (χ0) is 13.9. The lowest BCUT2D eigenvalue weighted by Crippen LogP contribution is -2.07. The highest BCUT2D eigenvalue weighted by atomic mass is 32.2. The van der Waals surface area contributed by atoms with Crippen LogP contribution < -0.4 is 0 Å². The number of hydrogen-bond acceptors (Lipinski definition) is 4. The summed E-state index contributed by atoms with van der Waals surface area (Å²) in [7, 11) is -3.13. The number of carbonyl (C=O) groups is 1. The summed E-state index contributed by atoms with van der Waals surface area (Å²) in [5.41, 5.74) is 0.895. The Balaban J connectivity index is 1.99. The molecule has 0 aromatic heterocycles. The summed E-state index contributed by atoms with van der Waals surface area (Å²) in [4.78, 5) is 11.7. The number of hydrogen-bond donors (Lipinski definition) is 0. The third-order valence-corrected chi connectivity index (χ3v) is 5.24. The summed E-state index contributed by atoms with van der Waals surface area (Å²) in [5, 5.41) is 0. The number of ether oxygens (including phenoxy) is 1. The van der Waals surface area contributed by atoms with Crippen LogP contribution in [0.1, 0.15) is 37.7 Å². The minimum absolute atomic E-state index is 0.00984. The summed E-state index contributed by atoms with van der Waals surface area (Å²) in [6.45, 7) is 2.16. The third-order valence-electron chi connectivity index (χ3n) is 3.35. The van der Waals surface area contributed by atoms with E-state index in [1.54, 1.807) is 19.1 Å². The van der Waals surface area contributed by atoms with Gasteiger partial charge in [-0.3, -0.25) is 4.79 Å². The Labute approximate surface area is 113 Å². The van der Waals surface area contributed by atoms with Crippen molar-refractivity contribution < 1.29 is 17.9 Å². The molecule has 1 aromatic rings. The molecule has 5 heteroatoms. The zero-order valence-electron chi connectivity index (χ0n) is 11.0. The van der Waals surface area contributed by atoms with E-state index in [2.05, 4.69) is 0 Å². The molecule has 1 unspecified atom stereocenters. The lowest BCUT2D eigenvalue weighted by atomic mass is 9.96. The van der Waals surface area contributed by atoms with Crippen molar-refractivity contribution >= 4 is 15.8 Å². The molecule has 0 saturated carbocycles. The van der Waals surface area contributed by atoms with Gasteiger partial charge in [-0.2, -0.15) is 0 Å². The molecule has 4 nitrogen and oxygen atoms in total. The van der Waals surface area contributed by atoms with Crippen molar-refractivity contribution in [2.75, 3.05) is 12.4 Å². The Bertz CT molecular complexity index is 563. The number of fused-ring (bicyclic) bond motifs is 1. The fourth-order valence-corrected chi connectivity index (χ4v) is 4.45. The molecule has 0 saturated heterocycles. The summed E-state index contributed by atoms with van der Waals surface area (Å²) in [6.07, 6.45) is 1.72. The second kappa shape index (κ2) is 5.74. The molecule has 104 valence electrons. The molecule has 2 rings (SSSR count). The van der Waals surface area contributed by atoms with Gasteiger partial charge in [0.15, 0.2) is 9.84 Å². The maximum Gasteiger partial charge on any atom is 0.305 e. The number of carbonyl (C=O) groups excluding carboxylic acids is 1. The second-order valence-electron chi connectivity index (χ2n) is 4.71. The van der Waals surface area contributed by atoms with E-state index < -0.39 is 9.84 Å². The molecule has 0 aliphatic carbocycles. The van der Waals surface area contributed by atoms with Crippen molar-refractivity contribution in [3.8, 4) is 0 Å². The first-order valence-electron chi connectivity index (χ1n) is 6.52. The number of esters is 1. The van der Waals surface area contributed by atoms with Gasteiger partial charge in [-0.1, -0.05) is 18.2 Å². The molecule has 0 fully saturated rings. The topological polar surface area (TPSA) is 60.4 Å². The van der Waals surface area contributed by atoms with E-state index in [1.165, 1.54) is 0 Å². The van der Waals surface area contributed by atoms with Crippen LogP contribution in [0, 0.1) is 0 Å². The number of sulfone groups is 1. The fraction of sp³-hybridized carbons (Fsp3) is 0.500. The number of rotatable bonds is 5. The highest BCUT2D eigenvalue weighted by Gasteiger charge is 2.33. The molecular weight excluding hydrogens is 264 g/mol. The summed E-state index contributed by atoms with van der Waals surface area (Å²) < 4.78 is 28.8. The van der Waals surface area contributed by atoms with Gasteiger partial charge in [-0.15, -0.1) is 0 Å². The Morgan fingerprint density at radius 2 is 2.11 bits per heavy atom. The molecule has 0 radical (unpaired) electrons. The average Bonchev–Trinajstić information content (AvgIpc) is 2.62. The smallest absolute Gasteiger partial charge is 0.305 e. The molecule has 0 N–H and O–H groups in total. The Morgan fingerprint density at radius 1 is 1.37 bits per heavy atom. The van der Waals surface area contributed by atoms with Gasteiger partial charge < -0.3 is 4.74 Å². The van der Waals surface area contributed by atoms with E-state index in [1.807, 2.05) is 12.1 Å². The summed E-state index contributed by atoms with van der Waals surface area (Å²) in [6, 6.07) is 7.14. The highest BCUT2D eigenvalue weighted by Crippen LogP contribution is 2.37. The Hall–Kier alpha value is -1.36. The summed E-state index contributed by atoms with van der Waals surface area (Å²) >= 11 is 0. The molecule has 1 aliphatic heterocycles. The molecule has 1 aliphatic rings. The van der Waals surface area contributed by atoms with Crippen molar-refractivity contribution in [3.63, 3.8) is 0 Å². The minimum Gasteiger partial charge on any atom is -0.466 e.